The molecule has 0 aliphatic rings. The molecule has 0 amide bonds. The second kappa shape index (κ2) is 25.0. The number of nitrogens with one attached hydrogen (secondary N) is 1. The van der Waals surface area contributed by atoms with E-state index < -0.39 is 14.4 Å². The molecule has 0 aromatic rings. The van der Waals surface area contributed by atoms with Gasteiger partial charge >= 0.3 is 8.25 Å². The van der Waals surface area contributed by atoms with Crippen LogP contribution in [0.25, 0.3) is 0 Å². The molecule has 0 saturated heterocycles. The Kier molecular flexibility index (Phi) is 28.3. The van der Waals surface area contributed by atoms with Crippen LogP contribution >= 0.6 is 8.25 Å². The molecule has 6 heteroatoms. The summed E-state index contributed by atoms with van der Waals surface area (Å²) in [6.07, 6.45) is 0.0127. The zero-order valence-electron chi connectivity index (χ0n) is 14.0. The number of hydrogen-bond donors (Lipinski definition) is 2. The molecular weight excluding hydrogens is 241 g/mol. The normalized spacial score (nSPS) is 12.1. The Labute approximate surface area is 110 Å². The molecule has 2 atom stereocenters. The molecule has 5 nitrogen and oxygen atoms in total. The smallest absolute Gasteiger partial charge is 0.488 e. The monoisotopic (exact) mass is 274 g/mol. The van der Waals surface area contributed by atoms with Crippen molar-refractivity contribution in [2.24, 2.45) is 0 Å². The van der Waals surface area contributed by atoms with Crippen LogP contribution in [0.2, 0.25) is 0 Å². The summed E-state index contributed by atoms with van der Waals surface area (Å²) in [4.78, 5) is 9.90. The van der Waals surface area contributed by atoms with Crippen LogP contribution in [0.1, 0.15) is 49.8 Å². The number of aliphatic hydroxyl groups excluding tert-OH is 1. The van der Waals surface area contributed by atoms with E-state index in [0.717, 1.165) is 13.1 Å². The van der Waals surface area contributed by atoms with Crippen LogP contribution in [0.15, 0.2) is 0 Å². The second-order valence-electron chi connectivity index (χ2n) is 2.59. The lowest BCUT2D eigenvalue weighted by Crippen LogP contribution is -2.09. The largest absolute Gasteiger partial charge is 0.566 e. The van der Waals surface area contributed by atoms with E-state index in [2.05, 4.69) is 28.8 Å². The van der Waals surface area contributed by atoms with Gasteiger partial charge in [0.25, 0.3) is 0 Å². The van der Waals surface area contributed by atoms with Crippen molar-refractivity contribution in [3.8, 4) is 0 Å². The standard InChI is InChI=1S/C4H11N.C4H9O4P.C2H6.CH4/c1-3-5-4-2;1-4(2-3-5)8-9(6)7;1-2;/h5H,3-4H2,1-2H3;4-5H,2-3H2,1H3;1-2H3;1H4/i;5T;;1D. The summed E-state index contributed by atoms with van der Waals surface area (Å²) in [5.74, 6) is 0. The molecule has 0 fully saturated rings. The highest BCUT2D eigenvalue weighted by Gasteiger charge is 2.09. The van der Waals surface area contributed by atoms with E-state index >= 15 is 0 Å². The Balaban J connectivity index is -0.000000105. The Bertz CT molecular complexity index is 155. The molecule has 108 valence electrons. The Morgan fingerprint density at radius 2 is 2.06 bits per heavy atom. The zero-order valence-corrected chi connectivity index (χ0v) is 12.9. The molecular formula is C11H30NO4P. The molecule has 0 rings (SSSR count). The van der Waals surface area contributed by atoms with Crippen molar-refractivity contribution in [1.29, 1.82) is 1.43 Å². The van der Waals surface area contributed by atoms with Crippen LogP contribution in [0.4, 0.5) is 0 Å². The van der Waals surface area contributed by atoms with Gasteiger partial charge in [-0.1, -0.05) is 35.1 Å². The molecule has 0 heterocycles. The van der Waals surface area contributed by atoms with Gasteiger partial charge in [-0.2, -0.15) is 0 Å². The van der Waals surface area contributed by atoms with E-state index in [1.165, 1.54) is 7.40 Å². The van der Waals surface area contributed by atoms with Crippen LogP contribution in [-0.4, -0.2) is 32.3 Å². The first-order valence-electron chi connectivity index (χ1n) is 7.09. The molecule has 0 radical (unpaired) electrons. The predicted molar refractivity (Wildman–Crippen MR) is 72.2 cm³/mol. The van der Waals surface area contributed by atoms with E-state index in [0.29, 0.717) is 6.42 Å². The second-order valence-corrected chi connectivity index (χ2v) is 3.25. The fraction of sp³-hybridized carbons (Fsp3) is 1.00. The molecule has 0 aliphatic heterocycles. The van der Waals surface area contributed by atoms with E-state index in [1.807, 2.05) is 13.8 Å². The quantitative estimate of drug-likeness (QED) is 0.694. The van der Waals surface area contributed by atoms with E-state index in [1.54, 1.807) is 6.92 Å². The van der Waals surface area contributed by atoms with Gasteiger partial charge in [0.15, 0.2) is 0 Å². The van der Waals surface area contributed by atoms with Gasteiger partial charge in [-0.15, -0.1) is 4.52 Å². The maximum Gasteiger partial charge on any atom is 0.488 e. The molecule has 2 unspecified atom stereocenters. The fourth-order valence-corrected chi connectivity index (χ4v) is 1.01. The van der Waals surface area contributed by atoms with Crippen LogP contribution in [0.5, 0.6) is 0 Å². The molecule has 0 bridgehead atoms. The molecule has 17 heavy (non-hydrogen) atoms. The lowest BCUT2D eigenvalue weighted by Gasteiger charge is -2.00. The summed E-state index contributed by atoms with van der Waals surface area (Å²) in [5, 5.41) is 7.08. The van der Waals surface area contributed by atoms with Crippen LogP contribution in [0, 0.1) is 0 Å². The van der Waals surface area contributed by atoms with Crippen molar-refractivity contribution in [2.45, 2.75) is 54.5 Å². The van der Waals surface area contributed by atoms with E-state index in [9.17, 15) is 9.46 Å². The lowest BCUT2D eigenvalue weighted by atomic mass is 10.3. The van der Waals surface area contributed by atoms with E-state index in [4.69, 9.17) is 2.80 Å². The van der Waals surface area contributed by atoms with Gasteiger partial charge in [0.05, 0.1) is 0 Å². The van der Waals surface area contributed by atoms with Crippen molar-refractivity contribution >= 4 is 8.25 Å². The third-order valence-electron chi connectivity index (χ3n) is 1.29. The Hall–Kier alpha value is -0.0600. The number of hydrogen-bond acceptors (Lipinski definition) is 5. The van der Waals surface area contributed by atoms with Crippen molar-refractivity contribution in [3.63, 3.8) is 0 Å². The first-order chi connectivity index (χ1) is 9.08. The summed E-state index contributed by atoms with van der Waals surface area (Å²) in [6, 6.07) is 0. The highest BCUT2D eigenvalue weighted by Crippen LogP contribution is 2.14. The average molecular weight is 274 g/mol. The molecule has 0 spiro atoms. The summed E-state index contributed by atoms with van der Waals surface area (Å²) in [5.41, 5.74) is 0. The molecule has 2 N–H and O–H groups in total. The Morgan fingerprint density at radius 1 is 1.59 bits per heavy atom. The molecule has 0 aromatic carbocycles. The average Bonchev–Trinajstić information content (AvgIpc) is 2.42. The summed E-state index contributed by atoms with van der Waals surface area (Å²) in [6.45, 7) is 12.2. The van der Waals surface area contributed by atoms with Gasteiger partial charge in [-0.05, 0) is 24.6 Å². The third kappa shape index (κ3) is 38.8. The number of rotatable bonds is 7. The van der Waals surface area contributed by atoms with Gasteiger partial charge in [0, 0.05) is 14.4 Å². The van der Waals surface area contributed by atoms with Gasteiger partial charge in [0.2, 0.25) is 1.43 Å². The summed E-state index contributed by atoms with van der Waals surface area (Å²) in [7, 11) is -1.52. The fourth-order valence-electron chi connectivity index (χ4n) is 0.616. The van der Waals surface area contributed by atoms with Gasteiger partial charge < -0.3 is 15.3 Å². The van der Waals surface area contributed by atoms with Crippen molar-refractivity contribution in [2.75, 3.05) is 19.7 Å². The van der Waals surface area contributed by atoms with Gasteiger partial charge in [0.1, 0.15) is 6.10 Å². The zero-order chi connectivity index (χ0) is 16.1. The predicted octanol–water partition coefficient (Wildman–Crippen LogP) is 2.07. The van der Waals surface area contributed by atoms with Crippen molar-refractivity contribution in [1.82, 2.24) is 5.32 Å². The lowest BCUT2D eigenvalue weighted by molar-refractivity contribution is -0.189. The molecule has 0 aromatic heterocycles. The van der Waals surface area contributed by atoms with Crippen LogP contribution < -0.4 is 10.2 Å². The van der Waals surface area contributed by atoms with E-state index in [-0.39, 0.29) is 6.61 Å². The summed E-state index contributed by atoms with van der Waals surface area (Å²) < 4.78 is 26.3. The van der Waals surface area contributed by atoms with Gasteiger partial charge in [-0.25, -0.2) is 0 Å². The highest BCUT2D eigenvalue weighted by molar-refractivity contribution is 7.30. The van der Waals surface area contributed by atoms with Crippen LogP contribution in [-0.2, 0) is 9.09 Å². The first kappa shape index (κ1) is 19.3. The summed E-state index contributed by atoms with van der Waals surface area (Å²) >= 11 is 0. The minimum Gasteiger partial charge on any atom is -0.566 e. The highest BCUT2D eigenvalue weighted by atomic mass is 31.1. The van der Waals surface area contributed by atoms with Crippen molar-refractivity contribution in [3.05, 3.63) is 0 Å². The maximum absolute atomic E-state index is 9.90. The topological polar surface area (TPSA) is 81.6 Å². The molecule has 0 saturated carbocycles. The Morgan fingerprint density at radius 3 is 2.29 bits per heavy atom. The maximum atomic E-state index is 9.90. The minimum atomic E-state index is -2.77. The number of aliphatic hydroxyl groups is 1. The minimum absolute atomic E-state index is 0.185. The first-order valence-corrected chi connectivity index (χ1v) is 6.77. The molecule has 0 aliphatic carbocycles. The van der Waals surface area contributed by atoms with Gasteiger partial charge in [-0.3, -0.25) is 0 Å². The van der Waals surface area contributed by atoms with Crippen molar-refractivity contribution < 1.29 is 20.5 Å². The SMILES string of the molecule is CC.CCNCC.[2H]C.[3H]OCCC(C)O[P+](=O)[O-]. The third-order valence-corrected chi connectivity index (χ3v) is 1.82. The van der Waals surface area contributed by atoms with Crippen LogP contribution in [0.3, 0.4) is 0 Å².